The van der Waals surface area contributed by atoms with Gasteiger partial charge in [-0.1, -0.05) is 42.4 Å². The standard InChI is InChI=1S/C22H23N3O2S2/c1-13-9-10-16(12-17(13)24-21(27)18-8-5-11-28-18)19-14(2)23-22(29-19)25-20(26)15-6-3-4-7-15/h5,8-12,15H,3-4,6-7H2,1-2H3,(H,24,27)(H,23,25,26). The van der Waals surface area contributed by atoms with E-state index in [0.29, 0.717) is 10.0 Å². The molecular formula is C22H23N3O2S2. The van der Waals surface area contributed by atoms with Crippen molar-refractivity contribution in [1.82, 2.24) is 4.98 Å². The molecule has 3 aromatic rings. The van der Waals surface area contributed by atoms with Crippen LogP contribution >= 0.6 is 22.7 Å². The highest BCUT2D eigenvalue weighted by Crippen LogP contribution is 2.36. The van der Waals surface area contributed by atoms with Gasteiger partial charge in [0.15, 0.2) is 5.13 Å². The van der Waals surface area contributed by atoms with E-state index in [1.807, 2.05) is 49.6 Å². The van der Waals surface area contributed by atoms with Crippen LogP contribution in [0.4, 0.5) is 10.8 Å². The van der Waals surface area contributed by atoms with Gasteiger partial charge in [0.1, 0.15) is 0 Å². The van der Waals surface area contributed by atoms with E-state index in [0.717, 1.165) is 53.1 Å². The summed E-state index contributed by atoms with van der Waals surface area (Å²) in [6, 6.07) is 9.68. The van der Waals surface area contributed by atoms with Gasteiger partial charge in [-0.15, -0.1) is 11.3 Å². The fraction of sp³-hybridized carbons (Fsp3) is 0.318. The normalized spacial score (nSPS) is 14.1. The Bertz CT molecular complexity index is 1030. The fourth-order valence-electron chi connectivity index (χ4n) is 3.60. The largest absolute Gasteiger partial charge is 0.321 e. The molecule has 0 unspecified atom stereocenters. The molecular weight excluding hydrogens is 402 g/mol. The molecule has 4 rings (SSSR count). The van der Waals surface area contributed by atoms with E-state index in [1.165, 1.54) is 22.7 Å². The molecule has 2 N–H and O–H groups in total. The third kappa shape index (κ3) is 4.41. The first kappa shape index (κ1) is 19.8. The zero-order chi connectivity index (χ0) is 20.4. The summed E-state index contributed by atoms with van der Waals surface area (Å²) in [4.78, 5) is 31.1. The molecule has 1 saturated carbocycles. The van der Waals surface area contributed by atoms with Crippen molar-refractivity contribution in [1.29, 1.82) is 0 Å². The topological polar surface area (TPSA) is 71.1 Å². The summed E-state index contributed by atoms with van der Waals surface area (Å²) >= 11 is 2.90. The maximum absolute atomic E-state index is 12.4. The molecule has 0 saturated heterocycles. The van der Waals surface area contributed by atoms with Crippen LogP contribution in [0.1, 0.15) is 46.6 Å². The van der Waals surface area contributed by atoms with Crippen LogP contribution in [0.2, 0.25) is 0 Å². The SMILES string of the molecule is Cc1ccc(-c2sc(NC(=O)C3CCCC3)nc2C)cc1NC(=O)c1cccs1. The van der Waals surface area contributed by atoms with Gasteiger partial charge in [0.25, 0.3) is 5.91 Å². The second-order valence-corrected chi connectivity index (χ2v) is 9.31. The average Bonchev–Trinajstić information content (AvgIpc) is 3.45. The molecule has 29 heavy (non-hydrogen) atoms. The van der Waals surface area contributed by atoms with Crippen molar-refractivity contribution in [2.45, 2.75) is 39.5 Å². The van der Waals surface area contributed by atoms with Gasteiger partial charge in [0.2, 0.25) is 5.91 Å². The molecule has 1 aliphatic carbocycles. The van der Waals surface area contributed by atoms with Crippen LogP contribution in [0.5, 0.6) is 0 Å². The van der Waals surface area contributed by atoms with Crippen LogP contribution in [-0.2, 0) is 4.79 Å². The minimum atomic E-state index is -0.106. The van der Waals surface area contributed by atoms with Gasteiger partial charge < -0.3 is 10.6 Å². The van der Waals surface area contributed by atoms with E-state index in [-0.39, 0.29) is 17.7 Å². The first-order valence-electron chi connectivity index (χ1n) is 9.75. The van der Waals surface area contributed by atoms with E-state index in [1.54, 1.807) is 0 Å². The van der Waals surface area contributed by atoms with Crippen molar-refractivity contribution in [2.24, 2.45) is 5.92 Å². The molecule has 2 amide bonds. The molecule has 150 valence electrons. The summed E-state index contributed by atoms with van der Waals surface area (Å²) in [5.74, 6) is 0.0856. The predicted octanol–water partition coefficient (Wildman–Crippen LogP) is 5.87. The quantitative estimate of drug-likeness (QED) is 0.537. The zero-order valence-corrected chi connectivity index (χ0v) is 18.1. The third-order valence-corrected chi connectivity index (χ3v) is 7.24. The molecule has 2 aromatic heterocycles. The number of amides is 2. The number of thiazole rings is 1. The van der Waals surface area contributed by atoms with Crippen LogP contribution in [-0.4, -0.2) is 16.8 Å². The van der Waals surface area contributed by atoms with Gasteiger partial charge in [-0.2, -0.15) is 0 Å². The van der Waals surface area contributed by atoms with Crippen LogP contribution in [0.15, 0.2) is 35.7 Å². The highest BCUT2D eigenvalue weighted by Gasteiger charge is 2.24. The van der Waals surface area contributed by atoms with Gasteiger partial charge in [-0.05, 0) is 55.3 Å². The minimum Gasteiger partial charge on any atom is -0.321 e. The van der Waals surface area contributed by atoms with Crippen molar-refractivity contribution >= 4 is 45.3 Å². The van der Waals surface area contributed by atoms with Crippen LogP contribution in [0.3, 0.4) is 0 Å². The Morgan fingerprint density at radius 2 is 1.90 bits per heavy atom. The lowest BCUT2D eigenvalue weighted by molar-refractivity contribution is -0.119. The van der Waals surface area contributed by atoms with E-state index < -0.39 is 0 Å². The van der Waals surface area contributed by atoms with Crippen LogP contribution < -0.4 is 10.6 Å². The summed E-state index contributed by atoms with van der Waals surface area (Å²) in [6.45, 7) is 3.92. The number of nitrogens with zero attached hydrogens (tertiary/aromatic N) is 1. The lowest BCUT2D eigenvalue weighted by Crippen LogP contribution is -2.20. The number of aryl methyl sites for hydroxylation is 2. The molecule has 1 fully saturated rings. The van der Waals surface area contributed by atoms with Crippen molar-refractivity contribution < 1.29 is 9.59 Å². The zero-order valence-electron chi connectivity index (χ0n) is 16.5. The van der Waals surface area contributed by atoms with E-state index >= 15 is 0 Å². The Balaban J connectivity index is 1.54. The number of carbonyl (C=O) groups excluding carboxylic acids is 2. The maximum Gasteiger partial charge on any atom is 0.265 e. The summed E-state index contributed by atoms with van der Waals surface area (Å²) < 4.78 is 0. The number of anilines is 2. The predicted molar refractivity (Wildman–Crippen MR) is 120 cm³/mol. The van der Waals surface area contributed by atoms with E-state index in [9.17, 15) is 9.59 Å². The number of benzene rings is 1. The van der Waals surface area contributed by atoms with Gasteiger partial charge in [-0.25, -0.2) is 4.98 Å². The molecule has 2 heterocycles. The van der Waals surface area contributed by atoms with Crippen LogP contribution in [0, 0.1) is 19.8 Å². The Hall–Kier alpha value is -2.51. The molecule has 0 bridgehead atoms. The second-order valence-electron chi connectivity index (χ2n) is 7.37. The van der Waals surface area contributed by atoms with Gasteiger partial charge in [-0.3, -0.25) is 9.59 Å². The second kappa shape index (κ2) is 8.47. The van der Waals surface area contributed by atoms with E-state index in [4.69, 9.17) is 0 Å². The van der Waals surface area contributed by atoms with Gasteiger partial charge in [0, 0.05) is 11.6 Å². The minimum absolute atomic E-state index is 0.0793. The molecule has 0 spiro atoms. The number of hydrogen-bond donors (Lipinski definition) is 2. The molecule has 5 nitrogen and oxygen atoms in total. The Labute approximate surface area is 178 Å². The van der Waals surface area contributed by atoms with Gasteiger partial charge >= 0.3 is 0 Å². The number of aromatic nitrogens is 1. The highest BCUT2D eigenvalue weighted by atomic mass is 32.1. The summed E-state index contributed by atoms with van der Waals surface area (Å²) in [5, 5.41) is 8.52. The summed E-state index contributed by atoms with van der Waals surface area (Å²) in [7, 11) is 0. The maximum atomic E-state index is 12.4. The molecule has 0 atom stereocenters. The number of thiophene rings is 1. The lowest BCUT2D eigenvalue weighted by Gasteiger charge is -2.10. The lowest BCUT2D eigenvalue weighted by atomic mass is 10.1. The van der Waals surface area contributed by atoms with Crippen molar-refractivity contribution in [3.63, 3.8) is 0 Å². The molecule has 7 heteroatoms. The molecule has 0 aliphatic heterocycles. The molecule has 0 radical (unpaired) electrons. The first-order chi connectivity index (χ1) is 14.0. The number of carbonyl (C=O) groups is 2. The number of nitrogens with one attached hydrogen (secondary N) is 2. The molecule has 1 aromatic carbocycles. The number of hydrogen-bond acceptors (Lipinski definition) is 5. The average molecular weight is 426 g/mol. The van der Waals surface area contributed by atoms with E-state index in [2.05, 4.69) is 15.6 Å². The Kier molecular flexibility index (Phi) is 5.78. The van der Waals surface area contributed by atoms with Crippen molar-refractivity contribution in [2.75, 3.05) is 10.6 Å². The highest BCUT2D eigenvalue weighted by molar-refractivity contribution is 7.19. The van der Waals surface area contributed by atoms with Crippen LogP contribution in [0.25, 0.3) is 10.4 Å². The smallest absolute Gasteiger partial charge is 0.265 e. The fourth-order valence-corrected chi connectivity index (χ4v) is 5.19. The Morgan fingerprint density at radius 1 is 1.10 bits per heavy atom. The first-order valence-corrected chi connectivity index (χ1v) is 11.4. The summed E-state index contributed by atoms with van der Waals surface area (Å²) in [6.07, 6.45) is 4.19. The monoisotopic (exact) mass is 425 g/mol. The van der Waals surface area contributed by atoms with Crippen molar-refractivity contribution in [3.8, 4) is 10.4 Å². The Morgan fingerprint density at radius 3 is 2.62 bits per heavy atom. The molecule has 1 aliphatic rings. The van der Waals surface area contributed by atoms with Gasteiger partial charge in [0.05, 0.1) is 15.4 Å². The summed E-state index contributed by atoms with van der Waals surface area (Å²) in [5.41, 5.74) is 3.63. The third-order valence-electron chi connectivity index (χ3n) is 5.25. The number of rotatable bonds is 5. The van der Waals surface area contributed by atoms with Crippen molar-refractivity contribution in [3.05, 3.63) is 51.8 Å².